The second-order valence-electron chi connectivity index (χ2n) is 5.11. The van der Waals surface area contributed by atoms with E-state index in [1.54, 1.807) is 0 Å². The van der Waals surface area contributed by atoms with Crippen molar-refractivity contribution in [1.29, 1.82) is 0 Å². The van der Waals surface area contributed by atoms with Crippen molar-refractivity contribution in [2.75, 3.05) is 0 Å². The van der Waals surface area contributed by atoms with Gasteiger partial charge in [0.15, 0.2) is 6.04 Å². The van der Waals surface area contributed by atoms with Crippen LogP contribution in [0.4, 0.5) is 4.39 Å². The molecule has 8 heteroatoms. The summed E-state index contributed by atoms with van der Waals surface area (Å²) < 4.78 is 13.7. The van der Waals surface area contributed by atoms with Gasteiger partial charge in [0.05, 0.1) is 10.6 Å². The molecule has 1 aromatic rings. The molecule has 0 bridgehead atoms. The smallest absolute Gasteiger partial charge is 0.328 e. The summed E-state index contributed by atoms with van der Waals surface area (Å²) in [7, 11) is 0. The summed E-state index contributed by atoms with van der Waals surface area (Å²) >= 11 is 5.76. The summed E-state index contributed by atoms with van der Waals surface area (Å²) in [5, 5.41) is 9.35. The second-order valence-corrected chi connectivity index (χ2v) is 5.52. The summed E-state index contributed by atoms with van der Waals surface area (Å²) in [6.45, 7) is 0. The molecule has 22 heavy (non-hydrogen) atoms. The number of nitrogens with zero attached hydrogens (tertiary/aromatic N) is 1. The number of hydrazine groups is 1. The van der Waals surface area contributed by atoms with Gasteiger partial charge in [0, 0.05) is 12.3 Å². The van der Waals surface area contributed by atoms with Gasteiger partial charge >= 0.3 is 5.97 Å². The molecule has 1 fully saturated rings. The number of Topliss-reactive ketones (excluding diaryl/α,β-unsaturated/α-hetero) is 1. The van der Waals surface area contributed by atoms with Gasteiger partial charge in [0.1, 0.15) is 11.6 Å². The number of hydrogen-bond donors (Lipinski definition) is 2. The highest BCUT2D eigenvalue weighted by molar-refractivity contribution is 6.33. The molecule has 0 saturated heterocycles. The molecule has 2 rings (SSSR count). The minimum Gasteiger partial charge on any atom is -0.480 e. The van der Waals surface area contributed by atoms with Crippen LogP contribution >= 0.6 is 11.6 Å². The molecule has 0 radical (unpaired) electrons. The van der Waals surface area contributed by atoms with E-state index in [4.69, 9.17) is 17.4 Å². The summed E-state index contributed by atoms with van der Waals surface area (Å²) in [4.78, 5) is 35.2. The maximum Gasteiger partial charge on any atom is 0.328 e. The molecule has 1 amide bonds. The first-order valence-corrected chi connectivity index (χ1v) is 6.98. The number of halogens is 2. The average Bonchev–Trinajstić information content (AvgIpc) is 3.27. The quantitative estimate of drug-likeness (QED) is 0.469. The van der Waals surface area contributed by atoms with Gasteiger partial charge in [0.25, 0.3) is 5.91 Å². The van der Waals surface area contributed by atoms with Crippen molar-refractivity contribution in [2.24, 2.45) is 11.8 Å². The number of carbonyl (C=O) groups is 3. The molecule has 0 unspecified atom stereocenters. The number of carboxylic acids is 1. The molecule has 1 atom stereocenters. The summed E-state index contributed by atoms with van der Waals surface area (Å²) in [5.41, 5.74) is -0.517. The number of carboxylic acid groups (broad SMARTS) is 1. The molecule has 118 valence electrons. The molecule has 1 aromatic carbocycles. The molecule has 1 aliphatic carbocycles. The van der Waals surface area contributed by atoms with Gasteiger partial charge in [-0.05, 0) is 25.0 Å². The Balaban J connectivity index is 2.22. The van der Waals surface area contributed by atoms with Gasteiger partial charge in [-0.1, -0.05) is 17.7 Å². The van der Waals surface area contributed by atoms with E-state index in [1.165, 1.54) is 12.1 Å². The highest BCUT2D eigenvalue weighted by Crippen LogP contribution is 2.32. The minimum atomic E-state index is -1.56. The standard InChI is InChI=1S/C14H14ClFN2O4/c15-8-2-1-3-9(16)12(8)13(20)18(17)10(14(21)22)6-11(19)7-4-5-7/h1-3,7,10H,4-6,17H2,(H,21,22)/t10-/m0/s1. The zero-order valence-electron chi connectivity index (χ0n) is 11.5. The van der Waals surface area contributed by atoms with Crippen LogP contribution in [0.3, 0.4) is 0 Å². The van der Waals surface area contributed by atoms with Crippen LogP contribution in [0.25, 0.3) is 0 Å². The molecule has 0 aromatic heterocycles. The van der Waals surface area contributed by atoms with Crippen LogP contribution in [0.5, 0.6) is 0 Å². The van der Waals surface area contributed by atoms with Crippen LogP contribution in [0.15, 0.2) is 18.2 Å². The Kier molecular flexibility index (Phi) is 4.77. The molecular weight excluding hydrogens is 315 g/mol. The van der Waals surface area contributed by atoms with Crippen LogP contribution in [-0.2, 0) is 9.59 Å². The number of amides is 1. The number of rotatable bonds is 6. The third-order valence-corrected chi connectivity index (χ3v) is 3.77. The highest BCUT2D eigenvalue weighted by Gasteiger charge is 2.37. The van der Waals surface area contributed by atoms with Gasteiger partial charge < -0.3 is 5.11 Å². The fourth-order valence-electron chi connectivity index (χ4n) is 2.04. The maximum absolute atomic E-state index is 13.7. The number of carbonyl (C=O) groups excluding carboxylic acids is 2. The van der Waals surface area contributed by atoms with Crippen molar-refractivity contribution in [3.63, 3.8) is 0 Å². The van der Waals surface area contributed by atoms with Gasteiger partial charge in [-0.2, -0.15) is 0 Å². The lowest BCUT2D eigenvalue weighted by molar-refractivity contribution is -0.144. The maximum atomic E-state index is 13.7. The topological polar surface area (TPSA) is 101 Å². The van der Waals surface area contributed by atoms with E-state index in [0.29, 0.717) is 17.9 Å². The van der Waals surface area contributed by atoms with Crippen LogP contribution in [0, 0.1) is 11.7 Å². The monoisotopic (exact) mass is 328 g/mol. The molecule has 0 heterocycles. The molecule has 0 aliphatic heterocycles. The fraction of sp³-hybridized carbons (Fsp3) is 0.357. The number of hydrogen-bond acceptors (Lipinski definition) is 4. The Morgan fingerprint density at radius 2 is 2.05 bits per heavy atom. The predicted octanol–water partition coefficient (Wildman–Crippen LogP) is 1.62. The third-order valence-electron chi connectivity index (χ3n) is 3.46. The number of nitrogens with two attached hydrogens (primary N) is 1. The first-order chi connectivity index (χ1) is 10.3. The van der Waals surface area contributed by atoms with E-state index < -0.39 is 35.7 Å². The van der Waals surface area contributed by atoms with Gasteiger partial charge in [-0.25, -0.2) is 15.0 Å². The van der Waals surface area contributed by atoms with E-state index in [2.05, 4.69) is 0 Å². The second kappa shape index (κ2) is 6.41. The van der Waals surface area contributed by atoms with E-state index in [0.717, 1.165) is 6.07 Å². The lowest BCUT2D eigenvalue weighted by Gasteiger charge is -2.24. The molecule has 1 saturated carbocycles. The lowest BCUT2D eigenvalue weighted by atomic mass is 10.1. The Morgan fingerprint density at radius 1 is 1.41 bits per heavy atom. The molecule has 6 nitrogen and oxygen atoms in total. The normalized spacial score (nSPS) is 15.2. The van der Waals surface area contributed by atoms with Crippen LogP contribution in [0.1, 0.15) is 29.6 Å². The predicted molar refractivity (Wildman–Crippen MR) is 75.5 cm³/mol. The number of aliphatic carboxylic acids is 1. The first-order valence-electron chi connectivity index (χ1n) is 6.60. The Bertz CT molecular complexity index is 613. The van der Waals surface area contributed by atoms with Crippen molar-refractivity contribution in [3.05, 3.63) is 34.6 Å². The summed E-state index contributed by atoms with van der Waals surface area (Å²) in [6.07, 6.45) is 1.01. The van der Waals surface area contributed by atoms with Crippen molar-refractivity contribution in [2.45, 2.75) is 25.3 Å². The van der Waals surface area contributed by atoms with Crippen LogP contribution in [-0.4, -0.2) is 33.8 Å². The zero-order chi connectivity index (χ0) is 16.4. The Morgan fingerprint density at radius 3 is 2.55 bits per heavy atom. The molecule has 1 aliphatic rings. The van der Waals surface area contributed by atoms with E-state index >= 15 is 0 Å². The van der Waals surface area contributed by atoms with E-state index in [9.17, 15) is 23.9 Å². The Hall–Kier alpha value is -1.99. The van der Waals surface area contributed by atoms with Crippen LogP contribution in [0.2, 0.25) is 5.02 Å². The van der Waals surface area contributed by atoms with Crippen molar-refractivity contribution >= 4 is 29.3 Å². The lowest BCUT2D eigenvalue weighted by Crippen LogP contribution is -2.51. The van der Waals surface area contributed by atoms with Crippen molar-refractivity contribution in [1.82, 2.24) is 5.01 Å². The van der Waals surface area contributed by atoms with Crippen molar-refractivity contribution < 1.29 is 23.9 Å². The van der Waals surface area contributed by atoms with Gasteiger partial charge in [0.2, 0.25) is 0 Å². The van der Waals surface area contributed by atoms with Crippen molar-refractivity contribution in [3.8, 4) is 0 Å². The SMILES string of the molecule is NN(C(=O)c1c(F)cccc1Cl)[C@@H](CC(=O)C1CC1)C(=O)O. The fourth-order valence-corrected chi connectivity index (χ4v) is 2.28. The van der Waals surface area contributed by atoms with Gasteiger partial charge in [-0.15, -0.1) is 0 Å². The first kappa shape index (κ1) is 16.4. The zero-order valence-corrected chi connectivity index (χ0v) is 12.2. The Labute approximate surface area is 130 Å². The largest absolute Gasteiger partial charge is 0.480 e. The van der Waals surface area contributed by atoms with Crippen LogP contribution < -0.4 is 5.84 Å². The molecule has 3 N–H and O–H groups in total. The molecular formula is C14H14ClFN2O4. The summed E-state index contributed by atoms with van der Waals surface area (Å²) in [5.74, 6) is 1.67. The highest BCUT2D eigenvalue weighted by atomic mass is 35.5. The number of ketones is 1. The average molecular weight is 329 g/mol. The molecule has 0 spiro atoms. The number of benzene rings is 1. The van der Waals surface area contributed by atoms with E-state index in [1.807, 2.05) is 0 Å². The third kappa shape index (κ3) is 3.42. The minimum absolute atomic E-state index is 0.164. The summed E-state index contributed by atoms with van der Waals surface area (Å²) in [6, 6.07) is 2.05. The van der Waals surface area contributed by atoms with Gasteiger partial charge in [-0.3, -0.25) is 14.6 Å². The van der Waals surface area contributed by atoms with E-state index in [-0.39, 0.29) is 16.7 Å².